The lowest BCUT2D eigenvalue weighted by Crippen LogP contribution is -2.52. The van der Waals surface area contributed by atoms with Gasteiger partial charge in [-0.25, -0.2) is 8.42 Å². The molecular weight excluding hydrogens is 422 g/mol. The molecule has 0 spiro atoms. The largest absolute Gasteiger partial charge is 0.347 e. The Morgan fingerprint density at radius 3 is 2.46 bits per heavy atom. The van der Waals surface area contributed by atoms with E-state index in [-0.39, 0.29) is 42.3 Å². The number of carbonyl (C=O) groups excluding carboxylic acids is 2. The van der Waals surface area contributed by atoms with E-state index in [4.69, 9.17) is 0 Å². The van der Waals surface area contributed by atoms with Gasteiger partial charge in [-0.15, -0.1) is 0 Å². The smallest absolute Gasteiger partial charge is 0.243 e. The van der Waals surface area contributed by atoms with Crippen molar-refractivity contribution in [3.8, 4) is 0 Å². The van der Waals surface area contributed by atoms with Crippen molar-refractivity contribution in [3.63, 3.8) is 0 Å². The molecule has 3 rings (SSSR count). The number of amides is 2. The fourth-order valence-corrected chi connectivity index (χ4v) is 5.07. The van der Waals surface area contributed by atoms with Crippen LogP contribution in [-0.4, -0.2) is 62.2 Å². The van der Waals surface area contributed by atoms with Gasteiger partial charge in [0.15, 0.2) is 0 Å². The SMILES string of the molecule is C[C@@H]1C[C@@H]1C(=O)NCC(=O)N1CCN(S(=O)(=O)c2cccc(Br)c2)CC1. The third kappa shape index (κ3) is 4.27. The van der Waals surface area contributed by atoms with E-state index in [2.05, 4.69) is 21.2 Å². The monoisotopic (exact) mass is 443 g/mol. The van der Waals surface area contributed by atoms with Gasteiger partial charge in [0.05, 0.1) is 11.4 Å². The first-order valence-electron chi connectivity index (χ1n) is 8.60. The Morgan fingerprint density at radius 1 is 1.23 bits per heavy atom. The molecule has 2 atom stereocenters. The Kier molecular flexibility index (Phi) is 5.69. The first kappa shape index (κ1) is 19.3. The summed E-state index contributed by atoms with van der Waals surface area (Å²) in [4.78, 5) is 25.9. The second-order valence-corrected chi connectivity index (χ2v) is 9.63. The van der Waals surface area contributed by atoms with Crippen molar-refractivity contribution >= 4 is 37.8 Å². The molecule has 1 N–H and O–H groups in total. The van der Waals surface area contributed by atoms with Gasteiger partial charge in [0.1, 0.15) is 0 Å². The second-order valence-electron chi connectivity index (χ2n) is 6.78. The number of hydrogen-bond acceptors (Lipinski definition) is 4. The van der Waals surface area contributed by atoms with Crippen molar-refractivity contribution in [1.82, 2.24) is 14.5 Å². The number of piperazine rings is 1. The van der Waals surface area contributed by atoms with Gasteiger partial charge >= 0.3 is 0 Å². The summed E-state index contributed by atoms with van der Waals surface area (Å²) in [7, 11) is -3.57. The van der Waals surface area contributed by atoms with Crippen LogP contribution in [-0.2, 0) is 19.6 Å². The Balaban J connectivity index is 1.52. The van der Waals surface area contributed by atoms with Gasteiger partial charge in [-0.1, -0.05) is 28.9 Å². The average molecular weight is 444 g/mol. The molecule has 0 aromatic heterocycles. The number of sulfonamides is 1. The van der Waals surface area contributed by atoms with Gasteiger partial charge < -0.3 is 10.2 Å². The zero-order valence-corrected chi connectivity index (χ0v) is 16.9. The van der Waals surface area contributed by atoms with Crippen LogP contribution < -0.4 is 5.32 Å². The maximum atomic E-state index is 12.7. The lowest BCUT2D eigenvalue weighted by molar-refractivity contribution is -0.134. The number of carbonyl (C=O) groups is 2. The van der Waals surface area contributed by atoms with E-state index < -0.39 is 10.0 Å². The third-order valence-corrected chi connectivity index (χ3v) is 7.27. The van der Waals surface area contributed by atoms with E-state index in [0.29, 0.717) is 23.5 Å². The highest BCUT2D eigenvalue weighted by atomic mass is 79.9. The fourth-order valence-electron chi connectivity index (χ4n) is 3.05. The number of nitrogens with zero attached hydrogens (tertiary/aromatic N) is 2. The molecule has 0 radical (unpaired) electrons. The normalized spacial score (nSPS) is 23.5. The van der Waals surface area contributed by atoms with Gasteiger partial charge in [-0.2, -0.15) is 4.31 Å². The summed E-state index contributed by atoms with van der Waals surface area (Å²) in [5.41, 5.74) is 0. The van der Waals surface area contributed by atoms with Crippen molar-refractivity contribution in [1.29, 1.82) is 0 Å². The van der Waals surface area contributed by atoms with Crippen molar-refractivity contribution in [2.24, 2.45) is 11.8 Å². The van der Waals surface area contributed by atoms with E-state index in [0.717, 1.165) is 6.42 Å². The highest BCUT2D eigenvalue weighted by Crippen LogP contribution is 2.37. The average Bonchev–Trinajstić information content (AvgIpc) is 3.36. The summed E-state index contributed by atoms with van der Waals surface area (Å²) in [6, 6.07) is 6.58. The summed E-state index contributed by atoms with van der Waals surface area (Å²) >= 11 is 3.28. The lowest BCUT2D eigenvalue weighted by Gasteiger charge is -2.34. The molecule has 1 saturated heterocycles. The maximum absolute atomic E-state index is 12.7. The minimum Gasteiger partial charge on any atom is -0.347 e. The van der Waals surface area contributed by atoms with E-state index in [1.807, 2.05) is 6.92 Å². The number of nitrogens with one attached hydrogen (secondary N) is 1. The van der Waals surface area contributed by atoms with Crippen molar-refractivity contribution in [3.05, 3.63) is 28.7 Å². The molecule has 2 fully saturated rings. The molecule has 1 aromatic carbocycles. The molecule has 26 heavy (non-hydrogen) atoms. The minimum absolute atomic E-state index is 0.0273. The molecule has 1 aromatic rings. The van der Waals surface area contributed by atoms with Crippen LogP contribution in [0.4, 0.5) is 0 Å². The number of halogens is 1. The summed E-state index contributed by atoms with van der Waals surface area (Å²) in [5, 5.41) is 2.68. The molecule has 2 aliphatic rings. The molecular formula is C17H22BrN3O4S. The predicted molar refractivity (Wildman–Crippen MR) is 99.8 cm³/mol. The molecule has 142 valence electrons. The first-order valence-corrected chi connectivity index (χ1v) is 10.8. The topological polar surface area (TPSA) is 86.8 Å². The van der Waals surface area contributed by atoms with Crippen molar-refractivity contribution < 1.29 is 18.0 Å². The maximum Gasteiger partial charge on any atom is 0.243 e. The lowest BCUT2D eigenvalue weighted by atomic mass is 10.3. The zero-order chi connectivity index (χ0) is 18.9. The molecule has 1 saturated carbocycles. The molecule has 7 nitrogen and oxygen atoms in total. The van der Waals surface area contributed by atoms with Crippen LogP contribution >= 0.6 is 15.9 Å². The molecule has 1 aliphatic carbocycles. The van der Waals surface area contributed by atoms with Crippen LogP contribution in [0.5, 0.6) is 0 Å². The Labute approximate surface area is 161 Å². The van der Waals surface area contributed by atoms with E-state index in [1.54, 1.807) is 29.2 Å². The van der Waals surface area contributed by atoms with Crippen LogP contribution in [0.15, 0.2) is 33.6 Å². The Hall–Kier alpha value is -1.45. The zero-order valence-electron chi connectivity index (χ0n) is 14.5. The molecule has 2 amide bonds. The quantitative estimate of drug-likeness (QED) is 0.736. The van der Waals surface area contributed by atoms with Gasteiger partial charge in [0.2, 0.25) is 21.8 Å². The Bertz CT molecular complexity index is 806. The minimum atomic E-state index is -3.57. The standard InChI is InChI=1S/C17H22BrN3O4S/c1-12-9-15(12)17(23)19-11-16(22)20-5-7-21(8-6-20)26(24,25)14-4-2-3-13(18)10-14/h2-4,10,12,15H,5-9,11H2,1H3,(H,19,23)/t12-,15+/m1/s1. The Morgan fingerprint density at radius 2 is 1.88 bits per heavy atom. The summed E-state index contributed by atoms with van der Waals surface area (Å²) in [6.07, 6.45) is 0.881. The summed E-state index contributed by atoms with van der Waals surface area (Å²) < 4.78 is 27.5. The van der Waals surface area contributed by atoms with Gasteiger partial charge in [0.25, 0.3) is 0 Å². The van der Waals surface area contributed by atoms with Gasteiger partial charge in [-0.05, 0) is 30.5 Å². The van der Waals surface area contributed by atoms with Crippen molar-refractivity contribution in [2.75, 3.05) is 32.7 Å². The molecule has 1 heterocycles. The third-order valence-electron chi connectivity index (χ3n) is 4.89. The van der Waals surface area contributed by atoms with E-state index >= 15 is 0 Å². The van der Waals surface area contributed by atoms with E-state index in [9.17, 15) is 18.0 Å². The number of rotatable bonds is 5. The number of hydrogen-bond donors (Lipinski definition) is 1. The molecule has 0 bridgehead atoms. The fraction of sp³-hybridized carbons (Fsp3) is 0.529. The van der Waals surface area contributed by atoms with Crippen LogP contribution in [0.3, 0.4) is 0 Å². The van der Waals surface area contributed by atoms with Gasteiger partial charge in [-0.3, -0.25) is 9.59 Å². The summed E-state index contributed by atoms with van der Waals surface area (Å²) in [5.74, 6) is 0.194. The van der Waals surface area contributed by atoms with Crippen LogP contribution in [0.1, 0.15) is 13.3 Å². The van der Waals surface area contributed by atoms with Gasteiger partial charge in [0, 0.05) is 36.6 Å². The van der Waals surface area contributed by atoms with Crippen molar-refractivity contribution in [2.45, 2.75) is 18.2 Å². The van der Waals surface area contributed by atoms with Crippen LogP contribution in [0.2, 0.25) is 0 Å². The first-order chi connectivity index (χ1) is 12.3. The summed E-state index contributed by atoms with van der Waals surface area (Å²) in [6.45, 7) is 3.11. The predicted octanol–water partition coefficient (Wildman–Crippen LogP) is 1.05. The highest BCUT2D eigenvalue weighted by Gasteiger charge is 2.39. The highest BCUT2D eigenvalue weighted by molar-refractivity contribution is 9.10. The van der Waals surface area contributed by atoms with Crippen LogP contribution in [0, 0.1) is 11.8 Å². The number of benzene rings is 1. The van der Waals surface area contributed by atoms with E-state index in [1.165, 1.54) is 4.31 Å². The van der Waals surface area contributed by atoms with Crippen LogP contribution in [0.25, 0.3) is 0 Å². The molecule has 0 unspecified atom stereocenters. The molecule has 9 heteroatoms. The second kappa shape index (κ2) is 7.66. The molecule has 1 aliphatic heterocycles.